The molecule has 0 bridgehead atoms. The van der Waals surface area contributed by atoms with Gasteiger partial charge in [-0.25, -0.2) is 9.78 Å². The second kappa shape index (κ2) is 6.20. The van der Waals surface area contributed by atoms with Crippen LogP contribution in [-0.2, 0) is 6.54 Å². The molecular formula is C12H18N4O2. The van der Waals surface area contributed by atoms with Crippen molar-refractivity contribution in [3.63, 3.8) is 0 Å². The molecule has 2 amide bonds. The summed E-state index contributed by atoms with van der Waals surface area (Å²) in [7, 11) is 1.60. The Balaban J connectivity index is 1.66. The highest BCUT2D eigenvalue weighted by atomic mass is 16.5. The molecule has 2 rings (SSSR count). The van der Waals surface area contributed by atoms with E-state index in [1.165, 1.54) is 0 Å². The van der Waals surface area contributed by atoms with Gasteiger partial charge in [-0.1, -0.05) is 6.07 Å². The van der Waals surface area contributed by atoms with E-state index in [9.17, 15) is 4.79 Å². The Bertz CT molecular complexity index is 394. The molecule has 0 unspecified atom stereocenters. The minimum atomic E-state index is 0.0305. The number of nitrogens with one attached hydrogen (secondary N) is 2. The Labute approximate surface area is 106 Å². The van der Waals surface area contributed by atoms with Gasteiger partial charge in [-0.15, -0.1) is 0 Å². The van der Waals surface area contributed by atoms with Gasteiger partial charge in [-0.2, -0.15) is 0 Å². The topological polar surface area (TPSA) is 66.5 Å². The third-order valence-electron chi connectivity index (χ3n) is 2.84. The van der Waals surface area contributed by atoms with E-state index in [2.05, 4.69) is 15.6 Å². The predicted octanol–water partition coefficient (Wildman–Crippen LogP) is 0.205. The van der Waals surface area contributed by atoms with Crippen LogP contribution in [0.25, 0.3) is 0 Å². The fourth-order valence-corrected chi connectivity index (χ4v) is 1.81. The van der Waals surface area contributed by atoms with E-state index in [0.717, 1.165) is 38.3 Å². The van der Waals surface area contributed by atoms with E-state index >= 15 is 0 Å². The molecule has 1 aliphatic heterocycles. The quantitative estimate of drug-likeness (QED) is 0.708. The van der Waals surface area contributed by atoms with Crippen molar-refractivity contribution in [2.45, 2.75) is 6.54 Å². The van der Waals surface area contributed by atoms with E-state index in [1.807, 2.05) is 12.1 Å². The van der Waals surface area contributed by atoms with Gasteiger partial charge in [0.15, 0.2) is 0 Å². The first-order valence-electron chi connectivity index (χ1n) is 6.02. The zero-order valence-electron chi connectivity index (χ0n) is 10.5. The molecule has 0 atom stereocenters. The molecule has 0 aromatic carbocycles. The van der Waals surface area contributed by atoms with Crippen LogP contribution >= 0.6 is 0 Å². The number of pyridine rings is 1. The highest BCUT2D eigenvalue weighted by Crippen LogP contribution is 2.06. The minimum Gasteiger partial charge on any atom is -0.481 e. The van der Waals surface area contributed by atoms with Gasteiger partial charge in [0.25, 0.3) is 0 Å². The summed E-state index contributed by atoms with van der Waals surface area (Å²) in [6.45, 7) is 3.80. The first kappa shape index (κ1) is 12.6. The maximum Gasteiger partial charge on any atom is 0.317 e. The maximum atomic E-state index is 11.3. The molecule has 0 aliphatic carbocycles. The number of carbonyl (C=O) groups is 1. The summed E-state index contributed by atoms with van der Waals surface area (Å²) >= 11 is 0. The van der Waals surface area contributed by atoms with E-state index in [1.54, 1.807) is 18.2 Å². The van der Waals surface area contributed by atoms with Crippen molar-refractivity contribution in [1.82, 2.24) is 20.5 Å². The number of ether oxygens (including phenoxy) is 1. The number of methoxy groups -OCH3 is 1. The molecule has 0 saturated carbocycles. The Morgan fingerprint density at radius 3 is 3.06 bits per heavy atom. The van der Waals surface area contributed by atoms with E-state index in [0.29, 0.717) is 5.88 Å². The second-order valence-electron chi connectivity index (χ2n) is 4.10. The molecule has 1 fully saturated rings. The predicted molar refractivity (Wildman–Crippen MR) is 67.5 cm³/mol. The lowest BCUT2D eigenvalue weighted by molar-refractivity contribution is 0.217. The number of hydrogen-bond acceptors (Lipinski definition) is 4. The normalized spacial score (nSPS) is 14.7. The second-order valence-corrected chi connectivity index (χ2v) is 4.10. The van der Waals surface area contributed by atoms with Crippen LogP contribution in [0.4, 0.5) is 4.79 Å². The average molecular weight is 250 g/mol. The summed E-state index contributed by atoms with van der Waals surface area (Å²) in [4.78, 5) is 17.2. The Hall–Kier alpha value is -1.82. The lowest BCUT2D eigenvalue weighted by atomic mass is 10.3. The van der Waals surface area contributed by atoms with Crippen LogP contribution in [-0.4, -0.2) is 49.2 Å². The van der Waals surface area contributed by atoms with Gasteiger partial charge >= 0.3 is 6.03 Å². The molecule has 6 heteroatoms. The van der Waals surface area contributed by atoms with Gasteiger partial charge in [0.1, 0.15) is 0 Å². The molecule has 18 heavy (non-hydrogen) atoms. The summed E-state index contributed by atoms with van der Waals surface area (Å²) in [5.74, 6) is 0.618. The van der Waals surface area contributed by atoms with Gasteiger partial charge < -0.3 is 20.3 Å². The summed E-state index contributed by atoms with van der Waals surface area (Å²) in [5.41, 5.74) is 1.10. The zero-order chi connectivity index (χ0) is 12.8. The molecule has 98 valence electrons. The molecule has 2 heterocycles. The number of nitrogens with zero attached hydrogens (tertiary/aromatic N) is 2. The first-order valence-corrected chi connectivity index (χ1v) is 6.02. The molecule has 2 N–H and O–H groups in total. The standard InChI is InChI=1S/C12H18N4O2/c1-18-11-3-2-10(9-15-11)8-13-4-6-16-7-5-14-12(16)17/h2-3,9,13H,4-8H2,1H3,(H,14,17). The molecule has 0 radical (unpaired) electrons. The van der Waals surface area contributed by atoms with Crippen LogP contribution in [0.15, 0.2) is 18.3 Å². The van der Waals surface area contributed by atoms with Crippen LogP contribution in [0, 0.1) is 0 Å². The minimum absolute atomic E-state index is 0.0305. The molecule has 1 aliphatic rings. The van der Waals surface area contributed by atoms with Gasteiger partial charge in [-0.05, 0) is 5.56 Å². The number of aromatic nitrogens is 1. The third-order valence-corrected chi connectivity index (χ3v) is 2.84. The molecule has 1 aromatic heterocycles. The van der Waals surface area contributed by atoms with Crippen molar-refractivity contribution in [3.05, 3.63) is 23.9 Å². The SMILES string of the molecule is COc1ccc(CNCCN2CCNC2=O)cn1. The van der Waals surface area contributed by atoms with Gasteiger partial charge in [0.2, 0.25) is 5.88 Å². The average Bonchev–Trinajstić information content (AvgIpc) is 2.81. The lowest BCUT2D eigenvalue weighted by Gasteiger charge is -2.14. The highest BCUT2D eigenvalue weighted by molar-refractivity contribution is 5.76. The first-order chi connectivity index (χ1) is 8.79. The van der Waals surface area contributed by atoms with Crippen LogP contribution < -0.4 is 15.4 Å². The summed E-state index contributed by atoms with van der Waals surface area (Å²) in [5, 5.41) is 6.06. The summed E-state index contributed by atoms with van der Waals surface area (Å²) in [6.07, 6.45) is 1.79. The summed E-state index contributed by atoms with van der Waals surface area (Å²) in [6, 6.07) is 3.84. The number of amides is 2. The Morgan fingerprint density at radius 2 is 2.44 bits per heavy atom. The van der Waals surface area contributed by atoms with Crippen molar-refractivity contribution in [2.75, 3.05) is 33.3 Å². The largest absolute Gasteiger partial charge is 0.481 e. The fraction of sp³-hybridized carbons (Fsp3) is 0.500. The molecule has 1 saturated heterocycles. The third kappa shape index (κ3) is 3.33. The van der Waals surface area contributed by atoms with E-state index in [-0.39, 0.29) is 6.03 Å². The van der Waals surface area contributed by atoms with Crippen molar-refractivity contribution in [1.29, 1.82) is 0 Å². The number of rotatable bonds is 6. The number of carbonyl (C=O) groups excluding carboxylic acids is 1. The Kier molecular flexibility index (Phi) is 4.35. The smallest absolute Gasteiger partial charge is 0.317 e. The van der Waals surface area contributed by atoms with Crippen molar-refractivity contribution in [2.24, 2.45) is 0 Å². The van der Waals surface area contributed by atoms with Crippen molar-refractivity contribution in [3.8, 4) is 5.88 Å². The maximum absolute atomic E-state index is 11.3. The summed E-state index contributed by atoms with van der Waals surface area (Å²) < 4.78 is 4.99. The van der Waals surface area contributed by atoms with Crippen molar-refractivity contribution < 1.29 is 9.53 Å². The van der Waals surface area contributed by atoms with Crippen LogP contribution in [0.3, 0.4) is 0 Å². The van der Waals surface area contributed by atoms with Gasteiger partial charge in [0, 0.05) is 45.0 Å². The lowest BCUT2D eigenvalue weighted by Crippen LogP contribution is -2.34. The molecule has 1 aromatic rings. The monoisotopic (exact) mass is 250 g/mol. The zero-order valence-corrected chi connectivity index (χ0v) is 10.5. The van der Waals surface area contributed by atoms with Gasteiger partial charge in [0.05, 0.1) is 7.11 Å². The molecule has 6 nitrogen and oxygen atoms in total. The van der Waals surface area contributed by atoms with Crippen LogP contribution in [0.5, 0.6) is 5.88 Å². The molecule has 0 spiro atoms. The number of hydrogen-bond donors (Lipinski definition) is 2. The van der Waals surface area contributed by atoms with Gasteiger partial charge in [-0.3, -0.25) is 0 Å². The van der Waals surface area contributed by atoms with Crippen LogP contribution in [0.1, 0.15) is 5.56 Å². The van der Waals surface area contributed by atoms with Crippen LogP contribution in [0.2, 0.25) is 0 Å². The van der Waals surface area contributed by atoms with E-state index in [4.69, 9.17) is 4.74 Å². The Morgan fingerprint density at radius 1 is 1.56 bits per heavy atom. The highest BCUT2D eigenvalue weighted by Gasteiger charge is 2.17. The number of urea groups is 1. The molecular weight excluding hydrogens is 232 g/mol. The van der Waals surface area contributed by atoms with Crippen molar-refractivity contribution >= 4 is 6.03 Å². The fourth-order valence-electron chi connectivity index (χ4n) is 1.81. The van der Waals surface area contributed by atoms with E-state index < -0.39 is 0 Å².